The zero-order valence-electron chi connectivity index (χ0n) is 11.2. The molecule has 0 spiro atoms. The summed E-state index contributed by atoms with van der Waals surface area (Å²) in [6, 6.07) is 0. The number of rotatable bonds is 0. The summed E-state index contributed by atoms with van der Waals surface area (Å²) >= 11 is 0. The lowest BCUT2D eigenvalue weighted by molar-refractivity contribution is -0.115. The van der Waals surface area contributed by atoms with Crippen LogP contribution in [0.1, 0.15) is 47.0 Å². The third-order valence-electron chi connectivity index (χ3n) is 5.49. The minimum atomic E-state index is 0.0135. The van der Waals surface area contributed by atoms with Crippen LogP contribution >= 0.6 is 0 Å². The number of fused-ring (bicyclic) bond motifs is 3. The van der Waals surface area contributed by atoms with Gasteiger partial charge in [-0.05, 0) is 55.6 Å². The Morgan fingerprint density at radius 2 is 2.00 bits per heavy atom. The van der Waals surface area contributed by atoms with Crippen LogP contribution in [0.5, 0.6) is 0 Å². The van der Waals surface area contributed by atoms with E-state index in [9.17, 15) is 4.79 Å². The average Bonchev–Trinajstić information content (AvgIpc) is 2.87. The monoisotopic (exact) mass is 234 g/mol. The summed E-state index contributed by atoms with van der Waals surface area (Å²) in [5.41, 5.74) is 2.36. The Hall–Kier alpha value is -0.630. The van der Waals surface area contributed by atoms with E-state index in [2.05, 4.69) is 20.8 Å². The van der Waals surface area contributed by atoms with E-state index in [1.54, 1.807) is 0 Å². The van der Waals surface area contributed by atoms with Gasteiger partial charge in [0.05, 0.1) is 5.60 Å². The molecule has 17 heavy (non-hydrogen) atoms. The minimum Gasteiger partial charge on any atom is -0.361 e. The molecule has 2 aliphatic carbocycles. The van der Waals surface area contributed by atoms with Crippen LogP contribution in [0.4, 0.5) is 0 Å². The van der Waals surface area contributed by atoms with Crippen molar-refractivity contribution in [3.05, 3.63) is 11.1 Å². The Morgan fingerprint density at radius 1 is 1.29 bits per heavy atom. The predicted molar refractivity (Wildman–Crippen MR) is 66.7 cm³/mol. The molecule has 0 aromatic carbocycles. The molecule has 1 aliphatic heterocycles. The first-order chi connectivity index (χ1) is 7.95. The van der Waals surface area contributed by atoms with Crippen LogP contribution in [-0.4, -0.2) is 17.5 Å². The second-order valence-electron chi connectivity index (χ2n) is 6.45. The molecule has 1 saturated heterocycles. The molecule has 0 aromatic heterocycles. The van der Waals surface area contributed by atoms with Gasteiger partial charge in [-0.3, -0.25) is 4.79 Å². The first-order valence-electron chi connectivity index (χ1n) is 6.86. The first kappa shape index (κ1) is 11.5. The molecule has 2 heteroatoms. The van der Waals surface area contributed by atoms with Crippen LogP contribution < -0.4 is 0 Å². The van der Waals surface area contributed by atoms with Gasteiger partial charge in [0.25, 0.3) is 0 Å². The number of ether oxygens (including phenoxy) is 1. The molecule has 1 heterocycles. The normalized spacial score (nSPS) is 49.5. The molecule has 0 radical (unpaired) electrons. The van der Waals surface area contributed by atoms with Crippen molar-refractivity contribution in [3.8, 4) is 0 Å². The number of carbonyl (C=O) groups is 1. The Bertz CT molecular complexity index is 409. The van der Waals surface area contributed by atoms with Gasteiger partial charge < -0.3 is 4.74 Å². The number of hydrogen-bond donors (Lipinski definition) is 0. The van der Waals surface area contributed by atoms with Gasteiger partial charge in [0.1, 0.15) is 6.10 Å². The molecule has 3 aliphatic rings. The highest BCUT2D eigenvalue weighted by Gasteiger charge is 2.61. The number of ketones is 1. The third kappa shape index (κ3) is 1.46. The van der Waals surface area contributed by atoms with Crippen molar-refractivity contribution < 1.29 is 9.53 Å². The molecular weight excluding hydrogens is 212 g/mol. The number of hydrogen-bond acceptors (Lipinski definition) is 2. The second-order valence-corrected chi connectivity index (χ2v) is 6.45. The third-order valence-corrected chi connectivity index (χ3v) is 5.49. The minimum absolute atomic E-state index is 0.0135. The van der Waals surface area contributed by atoms with Gasteiger partial charge in [-0.1, -0.05) is 13.8 Å². The summed E-state index contributed by atoms with van der Waals surface area (Å²) in [7, 11) is 0. The topological polar surface area (TPSA) is 29.6 Å². The molecule has 0 unspecified atom stereocenters. The van der Waals surface area contributed by atoms with Gasteiger partial charge in [-0.2, -0.15) is 0 Å². The largest absolute Gasteiger partial charge is 0.361 e. The van der Waals surface area contributed by atoms with E-state index in [1.807, 2.05) is 6.92 Å². The van der Waals surface area contributed by atoms with Gasteiger partial charge in [0, 0.05) is 6.42 Å². The van der Waals surface area contributed by atoms with E-state index in [0.29, 0.717) is 23.5 Å². The fourth-order valence-electron chi connectivity index (χ4n) is 3.77. The quantitative estimate of drug-likeness (QED) is 0.603. The molecule has 2 nitrogen and oxygen atoms in total. The van der Waals surface area contributed by atoms with E-state index in [0.717, 1.165) is 12.0 Å². The van der Waals surface area contributed by atoms with Crippen molar-refractivity contribution >= 4 is 5.78 Å². The van der Waals surface area contributed by atoms with Crippen LogP contribution in [0.2, 0.25) is 0 Å². The van der Waals surface area contributed by atoms with E-state index in [1.165, 1.54) is 18.4 Å². The van der Waals surface area contributed by atoms with Gasteiger partial charge in [-0.15, -0.1) is 0 Å². The standard InChI is InChI=1S/C15H22O2/c1-8-5-6-9(2)15(4)14(17-15)13-10(3)12(16)7-11(8)13/h8-9,11,14H,5-7H2,1-4H3/t8-,9-,11+,14-,15+/m0/s1. The molecular formula is C15H22O2. The first-order valence-corrected chi connectivity index (χ1v) is 6.86. The Morgan fingerprint density at radius 3 is 2.71 bits per heavy atom. The van der Waals surface area contributed by atoms with Crippen LogP contribution in [0.25, 0.3) is 0 Å². The maximum atomic E-state index is 11.9. The zero-order chi connectivity index (χ0) is 12.4. The Balaban J connectivity index is 2.01. The lowest BCUT2D eigenvalue weighted by Gasteiger charge is -2.28. The zero-order valence-corrected chi connectivity index (χ0v) is 11.2. The average molecular weight is 234 g/mol. The van der Waals surface area contributed by atoms with Crippen molar-refractivity contribution in [2.75, 3.05) is 0 Å². The maximum absolute atomic E-state index is 11.9. The Kier molecular flexibility index (Phi) is 2.32. The second kappa shape index (κ2) is 3.44. The smallest absolute Gasteiger partial charge is 0.159 e. The number of allylic oxidation sites excluding steroid dienone is 1. The van der Waals surface area contributed by atoms with E-state index in [-0.39, 0.29) is 11.7 Å². The molecule has 1 saturated carbocycles. The molecule has 0 bridgehead atoms. The summed E-state index contributed by atoms with van der Waals surface area (Å²) in [4.78, 5) is 11.9. The number of Topliss-reactive ketones (excluding diaryl/α,β-unsaturated/α-hetero) is 1. The van der Waals surface area contributed by atoms with Crippen molar-refractivity contribution in [1.82, 2.24) is 0 Å². The summed E-state index contributed by atoms with van der Waals surface area (Å²) < 4.78 is 6.01. The van der Waals surface area contributed by atoms with E-state index < -0.39 is 0 Å². The fraction of sp³-hybridized carbons (Fsp3) is 0.800. The van der Waals surface area contributed by atoms with E-state index in [4.69, 9.17) is 4.74 Å². The van der Waals surface area contributed by atoms with Gasteiger partial charge in [0.15, 0.2) is 5.78 Å². The van der Waals surface area contributed by atoms with Crippen LogP contribution in [0.3, 0.4) is 0 Å². The maximum Gasteiger partial charge on any atom is 0.159 e. The molecule has 2 fully saturated rings. The van der Waals surface area contributed by atoms with Gasteiger partial charge in [-0.25, -0.2) is 0 Å². The van der Waals surface area contributed by atoms with Crippen LogP contribution in [-0.2, 0) is 9.53 Å². The van der Waals surface area contributed by atoms with Crippen molar-refractivity contribution in [2.24, 2.45) is 17.8 Å². The summed E-state index contributed by atoms with van der Waals surface area (Å²) in [6.45, 7) is 8.81. The predicted octanol–water partition coefficient (Wildman–Crippen LogP) is 3.12. The molecule has 0 amide bonds. The summed E-state index contributed by atoms with van der Waals surface area (Å²) in [5, 5.41) is 0. The van der Waals surface area contributed by atoms with Gasteiger partial charge >= 0.3 is 0 Å². The summed E-state index contributed by atoms with van der Waals surface area (Å²) in [5.74, 6) is 2.04. The lowest BCUT2D eigenvalue weighted by Crippen LogP contribution is -2.28. The van der Waals surface area contributed by atoms with Crippen molar-refractivity contribution in [2.45, 2.75) is 58.7 Å². The van der Waals surface area contributed by atoms with E-state index >= 15 is 0 Å². The highest BCUT2D eigenvalue weighted by molar-refractivity contribution is 5.99. The molecule has 5 atom stereocenters. The molecule has 94 valence electrons. The van der Waals surface area contributed by atoms with Crippen molar-refractivity contribution in [3.63, 3.8) is 0 Å². The highest BCUT2D eigenvalue weighted by Crippen LogP contribution is 2.56. The lowest BCUT2D eigenvalue weighted by atomic mass is 9.74. The molecule has 3 rings (SSSR count). The van der Waals surface area contributed by atoms with Crippen LogP contribution in [0, 0.1) is 17.8 Å². The highest BCUT2D eigenvalue weighted by atomic mass is 16.6. The fourth-order valence-corrected chi connectivity index (χ4v) is 3.77. The number of epoxide rings is 1. The summed E-state index contributed by atoms with van der Waals surface area (Å²) in [6.07, 6.45) is 3.41. The van der Waals surface area contributed by atoms with Crippen molar-refractivity contribution in [1.29, 1.82) is 0 Å². The molecule has 0 N–H and O–H groups in total. The molecule has 0 aromatic rings. The van der Waals surface area contributed by atoms with Crippen LogP contribution in [0.15, 0.2) is 11.1 Å². The Labute approximate surface area is 103 Å². The number of carbonyl (C=O) groups excluding carboxylic acids is 1. The SMILES string of the molecule is CC1=C2[C@H](CC1=O)[C@@H](C)CC[C@H](C)[C@@]1(C)O[C@@H]21. The van der Waals surface area contributed by atoms with Gasteiger partial charge in [0.2, 0.25) is 0 Å².